The molecule has 0 bridgehead atoms. The van der Waals surface area contributed by atoms with Crippen LogP contribution in [0.3, 0.4) is 0 Å². The van der Waals surface area contributed by atoms with Gasteiger partial charge in [0.15, 0.2) is 0 Å². The van der Waals surface area contributed by atoms with Crippen LogP contribution in [0.4, 0.5) is 5.82 Å². The molecule has 3 aliphatic rings. The van der Waals surface area contributed by atoms with Crippen LogP contribution in [0.5, 0.6) is 0 Å². The van der Waals surface area contributed by atoms with E-state index in [4.69, 9.17) is 0 Å². The number of amides is 1. The molecule has 5 heteroatoms. The number of rotatable bonds is 4. The largest absolute Gasteiger partial charge is 0.354 e. The highest BCUT2D eigenvalue weighted by Crippen LogP contribution is 2.34. The van der Waals surface area contributed by atoms with E-state index in [1.54, 1.807) is 6.33 Å². The summed E-state index contributed by atoms with van der Waals surface area (Å²) in [6.45, 7) is 7.13. The third kappa shape index (κ3) is 3.01. The fourth-order valence-corrected chi connectivity index (χ4v) is 4.17. The van der Waals surface area contributed by atoms with Gasteiger partial charge in [-0.25, -0.2) is 9.97 Å². The first-order valence-electron chi connectivity index (χ1n) is 9.50. The molecule has 5 nitrogen and oxygen atoms in total. The number of carbonyl (C=O) groups excluding carboxylic acids is 1. The smallest absolute Gasteiger partial charge is 0.224 e. The minimum atomic E-state index is 0.285. The summed E-state index contributed by atoms with van der Waals surface area (Å²) in [5, 5.41) is 0. The van der Waals surface area contributed by atoms with Crippen molar-refractivity contribution < 1.29 is 4.79 Å². The van der Waals surface area contributed by atoms with Gasteiger partial charge in [0.25, 0.3) is 0 Å². The summed E-state index contributed by atoms with van der Waals surface area (Å²) in [5.74, 6) is 2.62. The summed E-state index contributed by atoms with van der Waals surface area (Å²) < 4.78 is 0. The molecule has 1 amide bonds. The van der Waals surface area contributed by atoms with Crippen LogP contribution < -0.4 is 4.90 Å². The molecule has 0 N–H and O–H groups in total. The number of aryl methyl sites for hydroxylation is 1. The lowest BCUT2D eigenvalue weighted by Crippen LogP contribution is -2.47. The van der Waals surface area contributed by atoms with Gasteiger partial charge in [0.1, 0.15) is 12.1 Å². The van der Waals surface area contributed by atoms with E-state index in [9.17, 15) is 4.79 Å². The second-order valence-electron chi connectivity index (χ2n) is 7.97. The van der Waals surface area contributed by atoms with Gasteiger partial charge in [-0.3, -0.25) is 4.79 Å². The van der Waals surface area contributed by atoms with Crippen molar-refractivity contribution in [3.8, 4) is 0 Å². The summed E-state index contributed by atoms with van der Waals surface area (Å²) in [6, 6.07) is 0.285. The highest BCUT2D eigenvalue weighted by atomic mass is 16.2. The van der Waals surface area contributed by atoms with Gasteiger partial charge in [-0.1, -0.05) is 13.8 Å². The van der Waals surface area contributed by atoms with E-state index in [1.807, 2.05) is 0 Å². The Balaban J connectivity index is 1.61. The summed E-state index contributed by atoms with van der Waals surface area (Å²) in [4.78, 5) is 26.4. The second kappa shape index (κ2) is 6.34. The Morgan fingerprint density at radius 2 is 2.04 bits per heavy atom. The van der Waals surface area contributed by atoms with E-state index in [0.29, 0.717) is 18.2 Å². The Hall–Kier alpha value is -1.65. The summed E-state index contributed by atoms with van der Waals surface area (Å²) >= 11 is 0. The Morgan fingerprint density at radius 1 is 1.21 bits per heavy atom. The molecule has 2 aliphatic carbocycles. The molecule has 1 aromatic heterocycles. The van der Waals surface area contributed by atoms with Crippen molar-refractivity contribution in [2.24, 2.45) is 11.8 Å². The number of hydrogen-bond acceptors (Lipinski definition) is 4. The van der Waals surface area contributed by atoms with Crippen molar-refractivity contribution in [3.05, 3.63) is 17.6 Å². The third-order valence-electron chi connectivity index (χ3n) is 5.80. The maximum Gasteiger partial charge on any atom is 0.224 e. The second-order valence-corrected chi connectivity index (χ2v) is 7.97. The van der Waals surface area contributed by atoms with Crippen LogP contribution in [0.15, 0.2) is 6.33 Å². The predicted molar refractivity (Wildman–Crippen MR) is 94.0 cm³/mol. The fraction of sp³-hybridized carbons (Fsp3) is 0.737. The topological polar surface area (TPSA) is 49.3 Å². The molecule has 0 spiro atoms. The molecule has 24 heavy (non-hydrogen) atoms. The Morgan fingerprint density at radius 3 is 2.79 bits per heavy atom. The van der Waals surface area contributed by atoms with E-state index < -0.39 is 0 Å². The van der Waals surface area contributed by atoms with Crippen LogP contribution in [-0.2, 0) is 17.6 Å². The number of carbonyl (C=O) groups is 1. The summed E-state index contributed by atoms with van der Waals surface area (Å²) in [6.07, 6.45) is 8.21. The normalized spacial score (nSPS) is 24.5. The standard InChI is InChI=1S/C19H28N4O/c1-13(2)17-11-22(9-8-18(24)23(17)10-14-6-7-14)19-15-4-3-5-16(15)20-12-21-19/h12-14,17H,3-11H2,1-2H3/t17-/m0/s1. The maximum atomic E-state index is 12.8. The van der Waals surface area contributed by atoms with Crippen molar-refractivity contribution in [3.63, 3.8) is 0 Å². The zero-order chi connectivity index (χ0) is 16.7. The predicted octanol–water partition coefficient (Wildman–Crippen LogP) is 2.44. The number of nitrogens with zero attached hydrogens (tertiary/aromatic N) is 4. The average molecular weight is 328 g/mol. The molecular formula is C19H28N4O. The van der Waals surface area contributed by atoms with Crippen molar-refractivity contribution in [2.75, 3.05) is 24.5 Å². The van der Waals surface area contributed by atoms with Crippen LogP contribution in [0.2, 0.25) is 0 Å². The highest BCUT2D eigenvalue weighted by molar-refractivity contribution is 5.78. The molecule has 0 unspecified atom stereocenters. The average Bonchev–Trinajstić information content (AvgIpc) is 3.28. The van der Waals surface area contributed by atoms with Gasteiger partial charge in [0, 0.05) is 37.3 Å². The first-order chi connectivity index (χ1) is 11.6. The van der Waals surface area contributed by atoms with Gasteiger partial charge < -0.3 is 9.80 Å². The van der Waals surface area contributed by atoms with Crippen molar-refractivity contribution in [2.45, 2.75) is 58.4 Å². The Labute approximate surface area is 144 Å². The lowest BCUT2D eigenvalue weighted by Gasteiger charge is -2.35. The van der Waals surface area contributed by atoms with Crippen molar-refractivity contribution in [1.29, 1.82) is 0 Å². The van der Waals surface area contributed by atoms with Crippen LogP contribution >= 0.6 is 0 Å². The van der Waals surface area contributed by atoms with Gasteiger partial charge in [0.2, 0.25) is 5.91 Å². The molecule has 1 saturated carbocycles. The molecule has 1 aromatic rings. The number of fused-ring (bicyclic) bond motifs is 1. The van der Waals surface area contributed by atoms with E-state index >= 15 is 0 Å². The van der Waals surface area contributed by atoms with Gasteiger partial charge >= 0.3 is 0 Å². The Bertz CT molecular complexity index is 626. The molecule has 4 rings (SSSR count). The number of aromatic nitrogens is 2. The summed E-state index contributed by atoms with van der Waals surface area (Å²) in [7, 11) is 0. The Kier molecular flexibility index (Phi) is 4.19. The molecule has 1 saturated heterocycles. The lowest BCUT2D eigenvalue weighted by molar-refractivity contribution is -0.133. The minimum Gasteiger partial charge on any atom is -0.354 e. The van der Waals surface area contributed by atoms with Crippen molar-refractivity contribution >= 4 is 11.7 Å². The van der Waals surface area contributed by atoms with Gasteiger partial charge in [0.05, 0.1) is 6.04 Å². The van der Waals surface area contributed by atoms with Crippen LogP contribution in [0, 0.1) is 11.8 Å². The van der Waals surface area contributed by atoms with Crippen LogP contribution in [0.1, 0.15) is 50.8 Å². The molecule has 2 fully saturated rings. The summed E-state index contributed by atoms with van der Waals surface area (Å²) in [5.41, 5.74) is 2.54. The van der Waals surface area contributed by atoms with Crippen LogP contribution in [-0.4, -0.2) is 46.5 Å². The van der Waals surface area contributed by atoms with Gasteiger partial charge in [-0.2, -0.15) is 0 Å². The van der Waals surface area contributed by atoms with Crippen LogP contribution in [0.25, 0.3) is 0 Å². The molecule has 0 radical (unpaired) electrons. The maximum absolute atomic E-state index is 12.8. The highest BCUT2D eigenvalue weighted by Gasteiger charge is 2.36. The fourth-order valence-electron chi connectivity index (χ4n) is 4.17. The van der Waals surface area contributed by atoms with Gasteiger partial charge in [-0.05, 0) is 43.9 Å². The molecular weight excluding hydrogens is 300 g/mol. The lowest BCUT2D eigenvalue weighted by atomic mass is 10.0. The molecule has 0 aromatic carbocycles. The van der Waals surface area contributed by atoms with E-state index in [0.717, 1.165) is 44.2 Å². The molecule has 2 heterocycles. The third-order valence-corrected chi connectivity index (χ3v) is 5.80. The molecule has 130 valence electrons. The minimum absolute atomic E-state index is 0.285. The first-order valence-corrected chi connectivity index (χ1v) is 9.50. The van der Waals surface area contributed by atoms with Crippen molar-refractivity contribution in [1.82, 2.24) is 14.9 Å². The van der Waals surface area contributed by atoms with E-state index in [2.05, 4.69) is 33.6 Å². The zero-order valence-corrected chi connectivity index (χ0v) is 14.9. The first kappa shape index (κ1) is 15.9. The zero-order valence-electron chi connectivity index (χ0n) is 14.9. The monoisotopic (exact) mass is 328 g/mol. The van der Waals surface area contributed by atoms with E-state index in [-0.39, 0.29) is 6.04 Å². The number of hydrogen-bond donors (Lipinski definition) is 0. The quantitative estimate of drug-likeness (QED) is 0.852. The SMILES string of the molecule is CC(C)[C@@H]1CN(c2ncnc3c2CCC3)CCC(=O)N1CC1CC1. The molecule has 1 atom stereocenters. The molecule has 1 aliphatic heterocycles. The van der Waals surface area contributed by atoms with Gasteiger partial charge in [-0.15, -0.1) is 0 Å². The number of anilines is 1. The van der Waals surface area contributed by atoms with E-state index in [1.165, 1.54) is 30.5 Å².